The summed E-state index contributed by atoms with van der Waals surface area (Å²) in [7, 11) is 0. The second-order valence-corrected chi connectivity index (χ2v) is 7.01. The van der Waals surface area contributed by atoms with Gasteiger partial charge in [-0.25, -0.2) is 0 Å². The molecule has 25 heavy (non-hydrogen) atoms. The van der Waals surface area contributed by atoms with Gasteiger partial charge in [-0.1, -0.05) is 0 Å². The minimum atomic E-state index is -0.0625. The molecule has 0 amide bonds. The Morgan fingerprint density at radius 2 is 2.08 bits per heavy atom. The minimum absolute atomic E-state index is 0.0625. The van der Waals surface area contributed by atoms with Gasteiger partial charge >= 0.3 is 0 Å². The van der Waals surface area contributed by atoms with Gasteiger partial charge in [0, 0.05) is 37.0 Å². The van der Waals surface area contributed by atoms with Crippen molar-refractivity contribution in [3.63, 3.8) is 0 Å². The SMILES string of the molecule is Cc1ccc([C@@H]2CCCN2c2cc(N3CCOC[C@H]3C)cc(=O)[nH]2)o1. The van der Waals surface area contributed by atoms with Crippen molar-refractivity contribution in [2.75, 3.05) is 36.1 Å². The van der Waals surface area contributed by atoms with Gasteiger partial charge < -0.3 is 23.9 Å². The molecule has 4 heterocycles. The minimum Gasteiger partial charge on any atom is -0.464 e. The molecule has 2 atom stereocenters. The van der Waals surface area contributed by atoms with Gasteiger partial charge in [0.2, 0.25) is 0 Å². The Morgan fingerprint density at radius 1 is 1.20 bits per heavy atom. The first-order chi connectivity index (χ1) is 12.1. The van der Waals surface area contributed by atoms with Crippen LogP contribution in [-0.2, 0) is 4.74 Å². The zero-order valence-corrected chi connectivity index (χ0v) is 14.8. The Bertz CT molecular complexity index is 797. The highest BCUT2D eigenvalue weighted by Crippen LogP contribution is 2.36. The molecule has 0 aromatic carbocycles. The van der Waals surface area contributed by atoms with E-state index in [2.05, 4.69) is 27.8 Å². The lowest BCUT2D eigenvalue weighted by atomic mass is 10.1. The molecular formula is C19H25N3O3. The fraction of sp³-hybridized carbons (Fsp3) is 0.526. The van der Waals surface area contributed by atoms with Crippen molar-refractivity contribution < 1.29 is 9.15 Å². The van der Waals surface area contributed by atoms with E-state index in [0.29, 0.717) is 13.2 Å². The van der Waals surface area contributed by atoms with Gasteiger partial charge in [-0.3, -0.25) is 4.79 Å². The predicted molar refractivity (Wildman–Crippen MR) is 97.5 cm³/mol. The molecule has 0 spiro atoms. The van der Waals surface area contributed by atoms with E-state index < -0.39 is 0 Å². The van der Waals surface area contributed by atoms with Crippen LogP contribution in [0.1, 0.15) is 37.3 Å². The number of aromatic nitrogens is 1. The highest BCUT2D eigenvalue weighted by molar-refractivity contribution is 5.57. The Hall–Kier alpha value is -2.21. The number of morpholine rings is 1. The maximum atomic E-state index is 12.3. The van der Waals surface area contributed by atoms with Gasteiger partial charge in [-0.15, -0.1) is 0 Å². The summed E-state index contributed by atoms with van der Waals surface area (Å²) in [6, 6.07) is 8.28. The summed E-state index contributed by atoms with van der Waals surface area (Å²) >= 11 is 0. The Kier molecular flexibility index (Phi) is 4.29. The number of aryl methyl sites for hydroxylation is 1. The third-order valence-electron chi connectivity index (χ3n) is 5.17. The van der Waals surface area contributed by atoms with Crippen molar-refractivity contribution >= 4 is 11.5 Å². The maximum Gasteiger partial charge on any atom is 0.251 e. The highest BCUT2D eigenvalue weighted by atomic mass is 16.5. The van der Waals surface area contributed by atoms with Crippen LogP contribution in [0.25, 0.3) is 0 Å². The monoisotopic (exact) mass is 343 g/mol. The first kappa shape index (κ1) is 16.3. The third-order valence-corrected chi connectivity index (χ3v) is 5.17. The molecule has 0 unspecified atom stereocenters. The Labute approximate surface area is 147 Å². The number of nitrogens with zero attached hydrogens (tertiary/aromatic N) is 2. The summed E-state index contributed by atoms with van der Waals surface area (Å²) in [5.74, 6) is 2.77. The number of rotatable bonds is 3. The number of hydrogen-bond donors (Lipinski definition) is 1. The van der Waals surface area contributed by atoms with Gasteiger partial charge in [0.25, 0.3) is 5.56 Å². The Balaban J connectivity index is 1.66. The number of anilines is 2. The standard InChI is InChI=1S/C19H25N3O3/c1-13-12-24-9-8-21(13)15-10-18(20-19(23)11-15)22-7-3-4-16(22)17-6-5-14(2)25-17/h5-6,10-11,13,16H,3-4,7-9,12H2,1-2H3,(H,20,23)/t13-,16+/m1/s1. The first-order valence-corrected chi connectivity index (χ1v) is 9.03. The summed E-state index contributed by atoms with van der Waals surface area (Å²) in [5.41, 5.74) is 0.906. The van der Waals surface area contributed by atoms with Crippen molar-refractivity contribution in [3.8, 4) is 0 Å². The largest absolute Gasteiger partial charge is 0.464 e. The number of furan rings is 1. The van der Waals surface area contributed by atoms with Crippen LogP contribution in [0.2, 0.25) is 0 Å². The predicted octanol–water partition coefficient (Wildman–Crippen LogP) is 2.84. The van der Waals surface area contributed by atoms with E-state index in [0.717, 1.165) is 49.0 Å². The molecule has 4 rings (SSSR count). The number of H-pyrrole nitrogens is 1. The van der Waals surface area contributed by atoms with Gasteiger partial charge in [0.15, 0.2) is 0 Å². The number of nitrogens with one attached hydrogen (secondary N) is 1. The first-order valence-electron chi connectivity index (χ1n) is 9.03. The second kappa shape index (κ2) is 6.59. The summed E-state index contributed by atoms with van der Waals surface area (Å²) in [4.78, 5) is 19.8. The van der Waals surface area contributed by atoms with Crippen LogP contribution in [0.4, 0.5) is 11.5 Å². The van der Waals surface area contributed by atoms with Crippen LogP contribution in [0.3, 0.4) is 0 Å². The molecule has 6 nitrogen and oxygen atoms in total. The van der Waals surface area contributed by atoms with Crippen molar-refractivity contribution in [3.05, 3.63) is 46.1 Å². The van der Waals surface area contributed by atoms with E-state index in [4.69, 9.17) is 9.15 Å². The second-order valence-electron chi connectivity index (χ2n) is 7.01. The average molecular weight is 343 g/mol. The van der Waals surface area contributed by atoms with Gasteiger partial charge in [0.05, 0.1) is 19.3 Å². The molecule has 0 bridgehead atoms. The molecule has 0 aliphatic carbocycles. The smallest absolute Gasteiger partial charge is 0.251 e. The van der Waals surface area contributed by atoms with Gasteiger partial charge in [-0.05, 0) is 38.8 Å². The third kappa shape index (κ3) is 3.18. The topological polar surface area (TPSA) is 61.7 Å². The fourth-order valence-corrected chi connectivity index (χ4v) is 3.93. The normalized spacial score (nSPS) is 24.1. The van der Waals surface area contributed by atoms with Gasteiger partial charge in [0.1, 0.15) is 17.3 Å². The van der Waals surface area contributed by atoms with Crippen molar-refractivity contribution in [1.82, 2.24) is 4.98 Å². The zero-order chi connectivity index (χ0) is 17.4. The molecular weight excluding hydrogens is 318 g/mol. The van der Waals surface area contributed by atoms with E-state index in [1.165, 1.54) is 0 Å². The van der Waals surface area contributed by atoms with Crippen LogP contribution < -0.4 is 15.4 Å². The summed E-state index contributed by atoms with van der Waals surface area (Å²) in [6.07, 6.45) is 2.12. The molecule has 2 aliphatic rings. The van der Waals surface area contributed by atoms with E-state index >= 15 is 0 Å². The number of aromatic amines is 1. The highest BCUT2D eigenvalue weighted by Gasteiger charge is 2.30. The van der Waals surface area contributed by atoms with E-state index in [1.807, 2.05) is 19.1 Å². The molecule has 0 radical (unpaired) electrons. The molecule has 1 N–H and O–H groups in total. The molecule has 2 fully saturated rings. The quantitative estimate of drug-likeness (QED) is 0.928. The van der Waals surface area contributed by atoms with E-state index in [9.17, 15) is 4.79 Å². The van der Waals surface area contributed by atoms with Crippen molar-refractivity contribution in [1.29, 1.82) is 0 Å². The molecule has 2 aromatic heterocycles. The fourth-order valence-electron chi connectivity index (χ4n) is 3.93. The molecule has 2 aromatic rings. The summed E-state index contributed by atoms with van der Waals surface area (Å²) < 4.78 is 11.4. The lowest BCUT2D eigenvalue weighted by molar-refractivity contribution is 0.0989. The molecule has 2 aliphatic heterocycles. The van der Waals surface area contributed by atoms with Crippen LogP contribution in [0.15, 0.2) is 33.5 Å². The molecule has 2 saturated heterocycles. The van der Waals surface area contributed by atoms with Crippen LogP contribution in [-0.4, -0.2) is 37.3 Å². The zero-order valence-electron chi connectivity index (χ0n) is 14.8. The molecule has 0 saturated carbocycles. The summed E-state index contributed by atoms with van der Waals surface area (Å²) in [6.45, 7) is 7.22. The Morgan fingerprint density at radius 3 is 2.84 bits per heavy atom. The number of pyridine rings is 1. The van der Waals surface area contributed by atoms with Crippen LogP contribution in [0, 0.1) is 6.92 Å². The maximum absolute atomic E-state index is 12.3. The van der Waals surface area contributed by atoms with Gasteiger partial charge in [-0.2, -0.15) is 0 Å². The number of ether oxygens (including phenoxy) is 1. The molecule has 6 heteroatoms. The van der Waals surface area contributed by atoms with Crippen LogP contribution in [0.5, 0.6) is 0 Å². The number of hydrogen-bond acceptors (Lipinski definition) is 5. The van der Waals surface area contributed by atoms with Crippen molar-refractivity contribution in [2.24, 2.45) is 0 Å². The summed E-state index contributed by atoms with van der Waals surface area (Å²) in [5, 5.41) is 0. The molecule has 134 valence electrons. The van der Waals surface area contributed by atoms with E-state index in [-0.39, 0.29) is 17.6 Å². The lowest BCUT2D eigenvalue weighted by Gasteiger charge is -2.35. The van der Waals surface area contributed by atoms with Crippen LogP contribution >= 0.6 is 0 Å². The van der Waals surface area contributed by atoms with E-state index in [1.54, 1.807) is 6.07 Å². The average Bonchev–Trinajstić information content (AvgIpc) is 3.23. The van der Waals surface area contributed by atoms with Crippen molar-refractivity contribution in [2.45, 2.75) is 38.8 Å². The lowest BCUT2D eigenvalue weighted by Crippen LogP contribution is -2.44.